The number of fused-ring (bicyclic) bond motifs is 1. The molecule has 0 fully saturated rings. The lowest BCUT2D eigenvalue weighted by atomic mass is 9.86. The van der Waals surface area contributed by atoms with Gasteiger partial charge >= 0.3 is 0 Å². The average Bonchev–Trinajstić information content (AvgIpc) is 3.24. The Bertz CT molecular complexity index is 1190. The molecule has 154 valence electrons. The summed E-state index contributed by atoms with van der Waals surface area (Å²) in [6, 6.07) is 6.03. The van der Waals surface area contributed by atoms with Crippen molar-refractivity contribution in [3.63, 3.8) is 0 Å². The van der Waals surface area contributed by atoms with E-state index in [2.05, 4.69) is 46.7 Å². The molecule has 3 N–H and O–H groups in total. The Labute approximate surface area is 184 Å². The second-order valence-electron chi connectivity index (χ2n) is 8.20. The molecule has 0 radical (unpaired) electrons. The van der Waals surface area contributed by atoms with E-state index in [1.54, 1.807) is 13.1 Å². The monoisotopic (exact) mass is 439 g/mol. The van der Waals surface area contributed by atoms with Gasteiger partial charge in [0.15, 0.2) is 11.4 Å². The maximum atomic E-state index is 10.7. The van der Waals surface area contributed by atoms with Crippen LogP contribution in [0.5, 0.6) is 0 Å². The number of rotatable bonds is 2. The van der Waals surface area contributed by atoms with Crippen molar-refractivity contribution in [2.24, 2.45) is 0 Å². The molecule has 8 heteroatoms. The predicted molar refractivity (Wildman–Crippen MR) is 121 cm³/mol. The van der Waals surface area contributed by atoms with Crippen LogP contribution in [-0.2, 0) is 11.0 Å². The van der Waals surface area contributed by atoms with Gasteiger partial charge in [-0.3, -0.25) is 0 Å². The smallest absolute Gasteiger partial charge is 0.222 e. The van der Waals surface area contributed by atoms with Crippen molar-refractivity contribution in [2.75, 3.05) is 17.2 Å². The van der Waals surface area contributed by atoms with E-state index in [0.29, 0.717) is 22.4 Å². The maximum absolute atomic E-state index is 10.7. The number of hydrogen-bond acceptors (Lipinski definition) is 7. The molecular weight excluding hydrogens is 418 g/mol. The number of aryl methyl sites for hydroxylation is 1. The number of nitrogens with two attached hydrogens (primary N) is 1. The van der Waals surface area contributed by atoms with Crippen LogP contribution in [-0.4, -0.2) is 26.6 Å². The summed E-state index contributed by atoms with van der Waals surface area (Å²) >= 11 is 7.82. The molecule has 0 spiro atoms. The van der Waals surface area contributed by atoms with E-state index in [9.17, 15) is 5.11 Å². The van der Waals surface area contributed by atoms with E-state index >= 15 is 0 Å². The number of benzene rings is 1. The highest BCUT2D eigenvalue weighted by atomic mass is 35.5. The zero-order chi connectivity index (χ0) is 21.7. The van der Waals surface area contributed by atoms with E-state index < -0.39 is 5.60 Å². The van der Waals surface area contributed by atoms with Crippen LogP contribution in [0.15, 0.2) is 30.6 Å². The summed E-state index contributed by atoms with van der Waals surface area (Å²) in [6.45, 7) is 8.65. The minimum Gasteiger partial charge on any atom is -0.371 e. The summed E-state index contributed by atoms with van der Waals surface area (Å²) in [7, 11) is 0. The third-order valence-corrected chi connectivity index (χ3v) is 6.45. The van der Waals surface area contributed by atoms with E-state index in [0.717, 1.165) is 16.1 Å². The zero-order valence-electron chi connectivity index (χ0n) is 17.2. The molecule has 1 aliphatic heterocycles. The molecule has 0 bridgehead atoms. The minimum absolute atomic E-state index is 0.103. The summed E-state index contributed by atoms with van der Waals surface area (Å²) in [4.78, 5) is 15.7. The zero-order valence-corrected chi connectivity index (χ0v) is 18.8. The number of thiazole rings is 1. The van der Waals surface area contributed by atoms with E-state index in [1.165, 1.54) is 23.1 Å². The largest absolute Gasteiger partial charge is 0.371 e. The number of nitrogen functional groups attached to an aromatic ring is 1. The highest BCUT2D eigenvalue weighted by Crippen LogP contribution is 2.45. The van der Waals surface area contributed by atoms with Gasteiger partial charge in [-0.2, -0.15) is 4.98 Å². The van der Waals surface area contributed by atoms with E-state index in [-0.39, 0.29) is 11.4 Å². The number of nitrogens with zero attached hydrogens (tertiary/aromatic N) is 4. The van der Waals surface area contributed by atoms with Gasteiger partial charge in [0, 0.05) is 34.3 Å². The number of anilines is 3. The second-order valence-corrected chi connectivity index (χ2v) is 9.84. The van der Waals surface area contributed by atoms with E-state index in [4.69, 9.17) is 17.3 Å². The van der Waals surface area contributed by atoms with Crippen molar-refractivity contribution in [2.45, 2.75) is 38.7 Å². The molecule has 0 saturated heterocycles. The summed E-state index contributed by atoms with van der Waals surface area (Å²) in [5, 5.41) is 11.8. The second kappa shape index (κ2) is 7.24. The van der Waals surface area contributed by atoms with Gasteiger partial charge in [-0.05, 0) is 31.5 Å². The lowest BCUT2D eigenvalue weighted by Gasteiger charge is -2.22. The normalized spacial score (nSPS) is 16.5. The molecule has 0 aliphatic carbocycles. The quantitative estimate of drug-likeness (QED) is 0.583. The highest BCUT2D eigenvalue weighted by Gasteiger charge is 2.37. The number of hydrogen-bond donors (Lipinski definition) is 2. The van der Waals surface area contributed by atoms with Crippen molar-refractivity contribution >= 4 is 40.4 Å². The average molecular weight is 440 g/mol. The molecule has 6 nitrogen and oxygen atoms in total. The fourth-order valence-corrected chi connectivity index (χ4v) is 4.51. The van der Waals surface area contributed by atoms with Gasteiger partial charge in [-0.1, -0.05) is 43.4 Å². The van der Waals surface area contributed by atoms with Crippen LogP contribution in [0.25, 0.3) is 0 Å². The van der Waals surface area contributed by atoms with Gasteiger partial charge in [-0.15, -0.1) is 11.3 Å². The van der Waals surface area contributed by atoms with Crippen LogP contribution in [0, 0.1) is 18.8 Å². The van der Waals surface area contributed by atoms with Gasteiger partial charge in [0.2, 0.25) is 5.95 Å². The number of aromatic nitrogens is 3. The summed E-state index contributed by atoms with van der Waals surface area (Å²) in [6.07, 6.45) is 3.25. The van der Waals surface area contributed by atoms with Gasteiger partial charge < -0.3 is 15.7 Å². The Morgan fingerprint density at radius 3 is 2.77 bits per heavy atom. The summed E-state index contributed by atoms with van der Waals surface area (Å²) < 4.78 is 0. The van der Waals surface area contributed by atoms with Crippen molar-refractivity contribution in [3.05, 3.63) is 56.6 Å². The first-order valence-corrected chi connectivity index (χ1v) is 10.6. The van der Waals surface area contributed by atoms with Crippen LogP contribution in [0.3, 0.4) is 0 Å². The predicted octanol–water partition coefficient (Wildman–Crippen LogP) is 4.17. The summed E-state index contributed by atoms with van der Waals surface area (Å²) in [5.74, 6) is 6.80. The van der Waals surface area contributed by atoms with Crippen molar-refractivity contribution in [1.82, 2.24) is 15.0 Å². The third-order valence-electron chi connectivity index (χ3n) is 5.06. The maximum Gasteiger partial charge on any atom is 0.222 e. The van der Waals surface area contributed by atoms with Gasteiger partial charge in [0.1, 0.15) is 10.0 Å². The Morgan fingerprint density at radius 1 is 1.30 bits per heavy atom. The molecule has 1 atom stereocenters. The molecule has 1 aliphatic rings. The molecule has 4 rings (SSSR count). The van der Waals surface area contributed by atoms with E-state index in [1.807, 2.05) is 24.0 Å². The molecule has 3 aromatic rings. The van der Waals surface area contributed by atoms with Crippen LogP contribution in [0.2, 0.25) is 5.02 Å². The minimum atomic E-state index is -1.32. The fourth-order valence-electron chi connectivity index (χ4n) is 3.55. The molecule has 1 aromatic carbocycles. The van der Waals surface area contributed by atoms with Gasteiger partial charge in [0.05, 0.1) is 6.20 Å². The third kappa shape index (κ3) is 3.74. The Morgan fingerprint density at radius 2 is 2.07 bits per heavy atom. The van der Waals surface area contributed by atoms with Crippen LogP contribution >= 0.6 is 22.9 Å². The number of halogens is 1. The first-order chi connectivity index (χ1) is 14.1. The fraction of sp³-hybridized carbons (Fsp3) is 0.318. The van der Waals surface area contributed by atoms with Crippen molar-refractivity contribution < 1.29 is 5.11 Å². The topological polar surface area (TPSA) is 88.2 Å². The summed E-state index contributed by atoms with van der Waals surface area (Å²) in [5.41, 5.74) is 7.30. The van der Waals surface area contributed by atoms with Gasteiger partial charge in [0.25, 0.3) is 0 Å². The van der Waals surface area contributed by atoms with Gasteiger partial charge in [-0.25, -0.2) is 9.97 Å². The Balaban J connectivity index is 1.75. The molecule has 30 heavy (non-hydrogen) atoms. The SMILES string of the molecule is Cc1cnc(C(C)(O)C#Cc2ccc3c(c2)N(c2nc(N)ncc2Cl)CC3(C)C)s1. The first kappa shape index (κ1) is 20.6. The molecular formula is C22H22ClN5OS. The van der Waals surface area contributed by atoms with Crippen LogP contribution < -0.4 is 10.6 Å². The van der Waals surface area contributed by atoms with Crippen molar-refractivity contribution in [1.29, 1.82) is 0 Å². The molecule has 0 saturated carbocycles. The Hall–Kier alpha value is -2.66. The first-order valence-electron chi connectivity index (χ1n) is 9.45. The standard InChI is InChI=1S/C22H22ClN5OS/c1-13-10-25-19(30-13)22(4,29)8-7-14-5-6-15-17(9-14)28(12-21(15,2)3)18-16(23)11-26-20(24)27-18/h5-6,9-11,29H,12H2,1-4H3,(H2,24,26,27). The molecule has 1 unspecified atom stereocenters. The number of aliphatic hydroxyl groups is 1. The van der Waals surface area contributed by atoms with Crippen molar-refractivity contribution in [3.8, 4) is 11.8 Å². The molecule has 0 amide bonds. The lowest BCUT2D eigenvalue weighted by Crippen LogP contribution is -2.26. The lowest BCUT2D eigenvalue weighted by molar-refractivity contribution is 0.122. The molecule has 3 heterocycles. The van der Waals surface area contributed by atoms with Crippen LogP contribution in [0.4, 0.5) is 17.5 Å². The Kier molecular flexibility index (Phi) is 4.97. The van der Waals surface area contributed by atoms with Crippen LogP contribution in [0.1, 0.15) is 41.8 Å². The molecule has 2 aromatic heterocycles. The highest BCUT2D eigenvalue weighted by molar-refractivity contribution is 7.11.